The zero-order valence-corrected chi connectivity index (χ0v) is 21.7. The molecule has 1 aliphatic rings. The van der Waals surface area contributed by atoms with E-state index in [0.29, 0.717) is 26.2 Å². The lowest BCUT2D eigenvalue weighted by molar-refractivity contribution is -0.0633. The van der Waals surface area contributed by atoms with Crippen LogP contribution in [0, 0.1) is 0 Å². The molecule has 196 valence electrons. The van der Waals surface area contributed by atoms with Gasteiger partial charge in [0.25, 0.3) is 0 Å². The second-order valence-corrected chi connectivity index (χ2v) is 9.38. The molecule has 0 radical (unpaired) electrons. The summed E-state index contributed by atoms with van der Waals surface area (Å²) < 4.78 is 24.9. The van der Waals surface area contributed by atoms with Crippen LogP contribution in [0.3, 0.4) is 0 Å². The van der Waals surface area contributed by atoms with E-state index in [1.165, 1.54) is 0 Å². The Morgan fingerprint density at radius 3 is 1.89 bits per heavy atom. The van der Waals surface area contributed by atoms with E-state index >= 15 is 0 Å². The number of rotatable bonds is 11. The molecule has 0 amide bonds. The highest BCUT2D eigenvalue weighted by molar-refractivity contribution is 5.77. The monoisotopic (exact) mass is 510 g/mol. The topological polar surface area (TPSA) is 57.2 Å². The van der Waals surface area contributed by atoms with Crippen molar-refractivity contribution in [3.63, 3.8) is 0 Å². The fourth-order valence-electron chi connectivity index (χ4n) is 4.85. The van der Waals surface area contributed by atoms with Gasteiger partial charge >= 0.3 is 0 Å². The van der Waals surface area contributed by atoms with E-state index < -0.39 is 6.29 Å². The number of benzene rings is 4. The molecule has 2 atom stereocenters. The first kappa shape index (κ1) is 26.0. The maximum atomic E-state index is 9.58. The minimum absolute atomic E-state index is 0.0612. The predicted octanol–water partition coefficient (Wildman–Crippen LogP) is 6.35. The first-order valence-electron chi connectivity index (χ1n) is 13.2. The molecular formula is C33H34O5. The van der Waals surface area contributed by atoms with E-state index in [-0.39, 0.29) is 12.7 Å². The van der Waals surface area contributed by atoms with Gasteiger partial charge in [-0.05, 0) is 34.2 Å². The van der Waals surface area contributed by atoms with Crippen LogP contribution in [0.25, 0.3) is 11.1 Å². The molecule has 1 aliphatic heterocycles. The molecule has 5 heteroatoms. The second-order valence-electron chi connectivity index (χ2n) is 9.38. The van der Waals surface area contributed by atoms with Crippen molar-refractivity contribution in [1.82, 2.24) is 0 Å². The number of hydrogen-bond donors (Lipinski definition) is 1. The van der Waals surface area contributed by atoms with Crippen LogP contribution in [0.5, 0.6) is 11.5 Å². The van der Waals surface area contributed by atoms with Crippen molar-refractivity contribution in [2.45, 2.75) is 45.4 Å². The summed E-state index contributed by atoms with van der Waals surface area (Å²) in [4.78, 5) is 0. The molecule has 0 saturated carbocycles. The Kier molecular flexibility index (Phi) is 8.71. The number of ether oxygens (including phenoxy) is 4. The molecule has 0 bridgehead atoms. The molecule has 0 spiro atoms. The zero-order chi connectivity index (χ0) is 26.2. The van der Waals surface area contributed by atoms with Crippen LogP contribution in [-0.2, 0) is 35.5 Å². The highest BCUT2D eigenvalue weighted by Crippen LogP contribution is 2.42. The Bertz CT molecular complexity index is 1290. The normalized spacial score (nSPS) is 16.9. The van der Waals surface area contributed by atoms with Crippen molar-refractivity contribution in [3.8, 4) is 22.6 Å². The van der Waals surface area contributed by atoms with Crippen molar-refractivity contribution in [2.75, 3.05) is 13.2 Å². The van der Waals surface area contributed by atoms with E-state index in [9.17, 15) is 5.11 Å². The van der Waals surface area contributed by atoms with Gasteiger partial charge in [-0.25, -0.2) is 0 Å². The molecule has 4 aromatic rings. The lowest BCUT2D eigenvalue weighted by atomic mass is 9.90. The summed E-state index contributed by atoms with van der Waals surface area (Å²) >= 11 is 0. The van der Waals surface area contributed by atoms with Crippen LogP contribution < -0.4 is 9.47 Å². The van der Waals surface area contributed by atoms with Crippen molar-refractivity contribution in [2.24, 2.45) is 0 Å². The molecule has 1 N–H and O–H groups in total. The van der Waals surface area contributed by atoms with Crippen LogP contribution in [0.4, 0.5) is 0 Å². The molecule has 0 aliphatic carbocycles. The average molecular weight is 511 g/mol. The van der Waals surface area contributed by atoms with Crippen LogP contribution in [0.1, 0.15) is 29.2 Å². The smallest absolute Gasteiger partial charge is 0.162 e. The number of aliphatic hydroxyl groups excluding tert-OH is 1. The van der Waals surface area contributed by atoms with Gasteiger partial charge in [-0.1, -0.05) is 97.9 Å². The third-order valence-corrected chi connectivity index (χ3v) is 6.75. The van der Waals surface area contributed by atoms with E-state index in [2.05, 4.69) is 43.3 Å². The Hall–Kier alpha value is -3.64. The van der Waals surface area contributed by atoms with Gasteiger partial charge in [-0.15, -0.1) is 0 Å². The second kappa shape index (κ2) is 12.7. The number of hydrogen-bond acceptors (Lipinski definition) is 5. The Morgan fingerprint density at radius 1 is 0.763 bits per heavy atom. The maximum absolute atomic E-state index is 9.58. The maximum Gasteiger partial charge on any atom is 0.162 e. The molecule has 1 saturated heterocycles. The fourth-order valence-corrected chi connectivity index (χ4v) is 4.85. The van der Waals surface area contributed by atoms with Gasteiger partial charge in [0.2, 0.25) is 0 Å². The van der Waals surface area contributed by atoms with Gasteiger partial charge in [0.15, 0.2) is 6.29 Å². The van der Waals surface area contributed by atoms with Gasteiger partial charge in [0.05, 0.1) is 13.2 Å². The highest BCUT2D eigenvalue weighted by Gasteiger charge is 2.29. The standard InChI is InChI=1S/C33H34O5/c1-2-28-29(18-32-37-23-27(20-34)38-32)33(26-16-10-5-11-17-26)31(36-22-25-14-8-4-9-15-25)19-30(28)35-21-24-12-6-3-7-13-24/h3-17,19,27,32,34H,2,18,20-23H2,1H3. The van der Waals surface area contributed by atoms with Gasteiger partial charge in [0, 0.05) is 18.1 Å². The molecule has 2 unspecified atom stereocenters. The van der Waals surface area contributed by atoms with E-state index in [1.54, 1.807) is 0 Å². The van der Waals surface area contributed by atoms with Gasteiger partial charge in [-0.3, -0.25) is 0 Å². The summed E-state index contributed by atoms with van der Waals surface area (Å²) in [7, 11) is 0. The number of aliphatic hydroxyl groups is 1. The summed E-state index contributed by atoms with van der Waals surface area (Å²) in [5, 5.41) is 9.58. The average Bonchev–Trinajstić information content (AvgIpc) is 3.44. The quantitative estimate of drug-likeness (QED) is 0.255. The van der Waals surface area contributed by atoms with E-state index in [1.807, 2.05) is 60.7 Å². The molecule has 1 fully saturated rings. The summed E-state index contributed by atoms with van der Waals surface area (Å²) in [6, 6.07) is 32.7. The SMILES string of the molecule is CCc1c(OCc2ccccc2)cc(OCc2ccccc2)c(-c2ccccc2)c1CC1OCC(CO)O1. The van der Waals surface area contributed by atoms with Crippen LogP contribution in [0.2, 0.25) is 0 Å². The van der Waals surface area contributed by atoms with Crippen LogP contribution in [0.15, 0.2) is 97.1 Å². The molecule has 5 nitrogen and oxygen atoms in total. The van der Waals surface area contributed by atoms with Gasteiger partial charge in [-0.2, -0.15) is 0 Å². The summed E-state index contributed by atoms with van der Waals surface area (Å²) in [5.41, 5.74) is 6.45. The molecule has 38 heavy (non-hydrogen) atoms. The van der Waals surface area contributed by atoms with Crippen LogP contribution in [-0.4, -0.2) is 30.7 Å². The zero-order valence-electron chi connectivity index (χ0n) is 21.7. The first-order chi connectivity index (χ1) is 18.7. The van der Waals surface area contributed by atoms with Gasteiger partial charge < -0.3 is 24.1 Å². The molecule has 1 heterocycles. The largest absolute Gasteiger partial charge is 0.488 e. The minimum Gasteiger partial charge on any atom is -0.488 e. The summed E-state index contributed by atoms with van der Waals surface area (Å²) in [5.74, 6) is 1.55. The van der Waals surface area contributed by atoms with Crippen LogP contribution >= 0.6 is 0 Å². The van der Waals surface area contributed by atoms with Gasteiger partial charge in [0.1, 0.15) is 30.8 Å². The summed E-state index contributed by atoms with van der Waals surface area (Å²) in [6.45, 7) is 3.35. The van der Waals surface area contributed by atoms with Crippen molar-refractivity contribution in [1.29, 1.82) is 0 Å². The predicted molar refractivity (Wildman–Crippen MR) is 148 cm³/mol. The fraction of sp³-hybridized carbons (Fsp3) is 0.273. The van der Waals surface area contributed by atoms with Crippen molar-refractivity contribution >= 4 is 0 Å². The first-order valence-corrected chi connectivity index (χ1v) is 13.2. The lowest BCUT2D eigenvalue weighted by Gasteiger charge is -2.24. The molecular weight excluding hydrogens is 476 g/mol. The molecule has 5 rings (SSSR count). The Morgan fingerprint density at radius 2 is 1.34 bits per heavy atom. The van der Waals surface area contributed by atoms with Crippen molar-refractivity contribution in [3.05, 3.63) is 119 Å². The van der Waals surface area contributed by atoms with E-state index in [4.69, 9.17) is 18.9 Å². The third-order valence-electron chi connectivity index (χ3n) is 6.75. The Labute approximate surface area is 224 Å². The highest BCUT2D eigenvalue weighted by atomic mass is 16.7. The lowest BCUT2D eigenvalue weighted by Crippen LogP contribution is -2.19. The van der Waals surface area contributed by atoms with Crippen molar-refractivity contribution < 1.29 is 24.1 Å². The minimum atomic E-state index is -0.453. The summed E-state index contributed by atoms with van der Waals surface area (Å²) in [6.07, 6.45) is 0.533. The molecule has 0 aromatic heterocycles. The van der Waals surface area contributed by atoms with E-state index in [0.717, 1.165) is 51.3 Å². The Balaban J connectivity index is 1.58. The molecule has 4 aromatic carbocycles. The third kappa shape index (κ3) is 6.25.